The molecule has 0 aromatic carbocycles. The van der Waals surface area contributed by atoms with Crippen molar-refractivity contribution in [1.29, 1.82) is 0 Å². The van der Waals surface area contributed by atoms with E-state index in [4.69, 9.17) is 4.74 Å². The Kier molecular flexibility index (Phi) is 6.50. The zero-order chi connectivity index (χ0) is 12.5. The van der Waals surface area contributed by atoms with Crippen LogP contribution in [0.15, 0.2) is 12.4 Å². The number of likely N-dealkylation sites (N-methyl/N-ethyl adjacent to an activating group) is 1. The highest BCUT2D eigenvalue weighted by molar-refractivity contribution is 5.35. The highest BCUT2D eigenvalue weighted by Gasteiger charge is 2.05. The first-order valence-electron chi connectivity index (χ1n) is 6.10. The van der Waals surface area contributed by atoms with Crippen LogP contribution in [0, 0.1) is 0 Å². The van der Waals surface area contributed by atoms with Crippen molar-refractivity contribution < 1.29 is 4.74 Å². The molecule has 1 aromatic heterocycles. The average molecular weight is 238 g/mol. The molecule has 17 heavy (non-hydrogen) atoms. The lowest BCUT2D eigenvalue weighted by atomic mass is 10.4. The zero-order valence-corrected chi connectivity index (χ0v) is 10.9. The summed E-state index contributed by atoms with van der Waals surface area (Å²) < 4.78 is 5.35. The minimum atomic E-state index is 0.726. The predicted molar refractivity (Wildman–Crippen MR) is 69.2 cm³/mol. The molecule has 0 fully saturated rings. The fraction of sp³-hybridized carbons (Fsp3) is 0.667. The Labute approximate surface area is 103 Å². The van der Waals surface area contributed by atoms with E-state index in [0.29, 0.717) is 0 Å². The van der Waals surface area contributed by atoms with Gasteiger partial charge in [0.1, 0.15) is 5.82 Å². The number of hydrogen-bond acceptors (Lipinski definition) is 5. The van der Waals surface area contributed by atoms with E-state index in [1.807, 2.05) is 26.4 Å². The molecule has 0 saturated heterocycles. The molecule has 0 aliphatic carbocycles. The SMILES string of the molecule is CCOCCN(CC)c1cnc(CNC)cn1. The molecule has 0 atom stereocenters. The van der Waals surface area contributed by atoms with E-state index in [1.54, 1.807) is 0 Å². The number of rotatable bonds is 8. The number of nitrogens with one attached hydrogen (secondary N) is 1. The van der Waals surface area contributed by atoms with Crippen LogP contribution in [0.2, 0.25) is 0 Å². The first-order valence-corrected chi connectivity index (χ1v) is 6.10. The summed E-state index contributed by atoms with van der Waals surface area (Å²) in [5.74, 6) is 0.909. The number of hydrogen-bond donors (Lipinski definition) is 1. The van der Waals surface area contributed by atoms with Crippen LogP contribution >= 0.6 is 0 Å². The minimum absolute atomic E-state index is 0.726. The van der Waals surface area contributed by atoms with E-state index in [9.17, 15) is 0 Å². The molecule has 96 valence electrons. The third-order valence-electron chi connectivity index (χ3n) is 2.46. The number of anilines is 1. The van der Waals surface area contributed by atoms with Crippen molar-refractivity contribution >= 4 is 5.82 Å². The van der Waals surface area contributed by atoms with Crippen LogP contribution in [0.1, 0.15) is 19.5 Å². The molecule has 1 aromatic rings. The summed E-state index contributed by atoms with van der Waals surface area (Å²) in [7, 11) is 1.90. The summed E-state index contributed by atoms with van der Waals surface area (Å²) in [6.07, 6.45) is 3.64. The van der Waals surface area contributed by atoms with Crippen LogP contribution in [-0.4, -0.2) is 43.3 Å². The molecule has 0 radical (unpaired) electrons. The van der Waals surface area contributed by atoms with Crippen LogP contribution in [0.25, 0.3) is 0 Å². The first kappa shape index (κ1) is 13.9. The van der Waals surface area contributed by atoms with Crippen molar-refractivity contribution in [3.05, 3.63) is 18.1 Å². The van der Waals surface area contributed by atoms with Crippen LogP contribution in [0.4, 0.5) is 5.82 Å². The Balaban J connectivity index is 2.55. The van der Waals surface area contributed by atoms with E-state index in [0.717, 1.165) is 44.4 Å². The van der Waals surface area contributed by atoms with E-state index in [1.165, 1.54) is 0 Å². The maximum absolute atomic E-state index is 5.35. The summed E-state index contributed by atoms with van der Waals surface area (Å²) in [6.45, 7) is 8.10. The predicted octanol–water partition coefficient (Wildman–Crippen LogP) is 1.06. The third-order valence-corrected chi connectivity index (χ3v) is 2.46. The lowest BCUT2D eigenvalue weighted by molar-refractivity contribution is 0.154. The second-order valence-corrected chi connectivity index (χ2v) is 3.67. The van der Waals surface area contributed by atoms with Gasteiger partial charge in [0.2, 0.25) is 0 Å². The molecule has 0 bridgehead atoms. The minimum Gasteiger partial charge on any atom is -0.380 e. The second kappa shape index (κ2) is 7.97. The fourth-order valence-corrected chi connectivity index (χ4v) is 1.54. The van der Waals surface area contributed by atoms with Gasteiger partial charge in [0.05, 0.1) is 24.7 Å². The Morgan fingerprint density at radius 2 is 2.12 bits per heavy atom. The smallest absolute Gasteiger partial charge is 0.147 e. The third kappa shape index (κ3) is 4.66. The van der Waals surface area contributed by atoms with Gasteiger partial charge < -0.3 is 15.0 Å². The van der Waals surface area contributed by atoms with Crippen molar-refractivity contribution in [2.24, 2.45) is 0 Å². The molecule has 0 aliphatic heterocycles. The van der Waals surface area contributed by atoms with Gasteiger partial charge in [0.25, 0.3) is 0 Å². The van der Waals surface area contributed by atoms with E-state index < -0.39 is 0 Å². The monoisotopic (exact) mass is 238 g/mol. The average Bonchev–Trinajstić information content (AvgIpc) is 2.36. The second-order valence-electron chi connectivity index (χ2n) is 3.67. The Hall–Kier alpha value is -1.20. The van der Waals surface area contributed by atoms with Gasteiger partial charge in [0, 0.05) is 26.2 Å². The molecule has 5 nitrogen and oxygen atoms in total. The zero-order valence-electron chi connectivity index (χ0n) is 10.9. The number of ether oxygens (including phenoxy) is 1. The van der Waals surface area contributed by atoms with Crippen molar-refractivity contribution in [2.45, 2.75) is 20.4 Å². The van der Waals surface area contributed by atoms with E-state index in [2.05, 4.69) is 27.1 Å². The molecule has 1 N–H and O–H groups in total. The first-order chi connectivity index (χ1) is 8.31. The topological polar surface area (TPSA) is 50.3 Å². The quantitative estimate of drug-likeness (QED) is 0.686. The van der Waals surface area contributed by atoms with Gasteiger partial charge in [0.15, 0.2) is 0 Å². The fourth-order valence-electron chi connectivity index (χ4n) is 1.54. The standard InChI is InChI=1S/C12H22N4O/c1-4-16(6-7-17-5-2)12-10-14-11(8-13-3)9-15-12/h9-10,13H,4-8H2,1-3H3. The van der Waals surface area contributed by atoms with E-state index >= 15 is 0 Å². The van der Waals surface area contributed by atoms with Gasteiger partial charge in [-0.3, -0.25) is 4.98 Å². The van der Waals surface area contributed by atoms with Gasteiger partial charge in [-0.2, -0.15) is 0 Å². The molecule has 1 rings (SSSR count). The lowest BCUT2D eigenvalue weighted by Gasteiger charge is -2.21. The maximum Gasteiger partial charge on any atom is 0.147 e. The Morgan fingerprint density at radius 3 is 2.65 bits per heavy atom. The summed E-state index contributed by atoms with van der Waals surface area (Å²) in [4.78, 5) is 10.9. The van der Waals surface area contributed by atoms with Gasteiger partial charge in [-0.25, -0.2) is 4.98 Å². The summed E-state index contributed by atoms with van der Waals surface area (Å²) in [6, 6.07) is 0. The molecule has 0 amide bonds. The van der Waals surface area contributed by atoms with Crippen molar-refractivity contribution in [2.75, 3.05) is 38.3 Å². The highest BCUT2D eigenvalue weighted by Crippen LogP contribution is 2.08. The summed E-state index contributed by atoms with van der Waals surface area (Å²) in [5.41, 5.74) is 0.956. The van der Waals surface area contributed by atoms with Crippen molar-refractivity contribution in [3.8, 4) is 0 Å². The molecule has 0 saturated carbocycles. The molecule has 5 heteroatoms. The maximum atomic E-state index is 5.35. The van der Waals surface area contributed by atoms with Crippen LogP contribution < -0.4 is 10.2 Å². The van der Waals surface area contributed by atoms with Gasteiger partial charge in [-0.05, 0) is 20.9 Å². The Bertz CT molecular complexity index is 302. The van der Waals surface area contributed by atoms with Gasteiger partial charge >= 0.3 is 0 Å². The van der Waals surface area contributed by atoms with Crippen molar-refractivity contribution in [1.82, 2.24) is 15.3 Å². The lowest BCUT2D eigenvalue weighted by Crippen LogP contribution is -2.28. The molecular formula is C12H22N4O. The molecule has 1 heterocycles. The normalized spacial score (nSPS) is 10.5. The van der Waals surface area contributed by atoms with E-state index in [-0.39, 0.29) is 0 Å². The highest BCUT2D eigenvalue weighted by atomic mass is 16.5. The van der Waals surface area contributed by atoms with Crippen molar-refractivity contribution in [3.63, 3.8) is 0 Å². The largest absolute Gasteiger partial charge is 0.380 e. The van der Waals surface area contributed by atoms with Crippen LogP contribution in [0.3, 0.4) is 0 Å². The molecule has 0 spiro atoms. The molecule has 0 unspecified atom stereocenters. The van der Waals surface area contributed by atoms with Crippen LogP contribution in [0.5, 0.6) is 0 Å². The molecule has 0 aliphatic rings. The van der Waals surface area contributed by atoms with Gasteiger partial charge in [-0.15, -0.1) is 0 Å². The molecular weight excluding hydrogens is 216 g/mol. The number of aromatic nitrogens is 2. The summed E-state index contributed by atoms with van der Waals surface area (Å²) in [5, 5.41) is 3.05. The Morgan fingerprint density at radius 1 is 1.29 bits per heavy atom. The van der Waals surface area contributed by atoms with Crippen LogP contribution in [-0.2, 0) is 11.3 Å². The number of nitrogens with zero attached hydrogens (tertiary/aromatic N) is 3. The van der Waals surface area contributed by atoms with Gasteiger partial charge in [-0.1, -0.05) is 0 Å². The summed E-state index contributed by atoms with van der Waals surface area (Å²) >= 11 is 0.